The molecule has 0 aromatic rings. The summed E-state index contributed by atoms with van der Waals surface area (Å²) < 4.78 is 52.9. The summed E-state index contributed by atoms with van der Waals surface area (Å²) in [5.41, 5.74) is -2.22. The number of hydrogen-bond donors (Lipinski definition) is 0. The molecule has 0 atom stereocenters. The van der Waals surface area contributed by atoms with Crippen LogP contribution in [0.1, 0.15) is 12.8 Å². The van der Waals surface area contributed by atoms with E-state index in [1.807, 2.05) is 0 Å². The van der Waals surface area contributed by atoms with E-state index in [-0.39, 0.29) is 12.8 Å². The highest BCUT2D eigenvalue weighted by molar-refractivity contribution is 7.57. The molecule has 7 heteroatoms. The van der Waals surface area contributed by atoms with Crippen LogP contribution in [-0.4, -0.2) is 31.9 Å². The van der Waals surface area contributed by atoms with Gasteiger partial charge in [-0.2, -0.15) is 13.2 Å². The van der Waals surface area contributed by atoms with Gasteiger partial charge in [-0.15, -0.1) is 0 Å². The average Bonchev–Trinajstić information content (AvgIpc) is 2.76. The van der Waals surface area contributed by atoms with Gasteiger partial charge in [-0.05, 0) is 12.8 Å². The van der Waals surface area contributed by atoms with Crippen LogP contribution >= 0.6 is 7.37 Å². The van der Waals surface area contributed by atoms with Crippen molar-refractivity contribution in [2.45, 2.75) is 19.0 Å². The molecule has 1 rings (SSSR count). The number of ketones is 1. The largest absolute Gasteiger partial charge is 0.401 e. The molecule has 0 aliphatic heterocycles. The zero-order chi connectivity index (χ0) is 11.9. The molecule has 88 valence electrons. The Labute approximate surface area is 85.4 Å². The first-order chi connectivity index (χ1) is 6.58. The van der Waals surface area contributed by atoms with Gasteiger partial charge in [0.25, 0.3) is 0 Å². The second kappa shape index (κ2) is 3.59. The molecular formula is C8H12F3O3P. The lowest BCUT2D eigenvalue weighted by molar-refractivity contribution is -0.192. The van der Waals surface area contributed by atoms with Crippen molar-refractivity contribution in [2.75, 3.05) is 19.9 Å². The predicted molar refractivity (Wildman–Crippen MR) is 48.1 cm³/mol. The number of halogens is 3. The maximum atomic E-state index is 12.4. The van der Waals surface area contributed by atoms with Crippen LogP contribution in [0.4, 0.5) is 13.2 Å². The van der Waals surface area contributed by atoms with Gasteiger partial charge in [0.2, 0.25) is 0 Å². The number of rotatable bonds is 4. The molecular weight excluding hydrogens is 232 g/mol. The fraction of sp³-hybridized carbons (Fsp3) is 0.875. The number of Topliss-reactive ketones (excluding diaryl/α,β-unsaturated/α-hetero) is 1. The summed E-state index contributed by atoms with van der Waals surface area (Å²) in [7, 11) is -2.90. The van der Waals surface area contributed by atoms with E-state index in [2.05, 4.69) is 4.52 Å². The SMILES string of the molecule is CP(C)(=O)OCC(=O)C1(C(F)(F)F)CC1. The van der Waals surface area contributed by atoms with Crippen LogP contribution in [0.5, 0.6) is 0 Å². The summed E-state index contributed by atoms with van der Waals surface area (Å²) >= 11 is 0. The molecule has 0 amide bonds. The second-order valence-corrected chi connectivity index (χ2v) is 6.79. The lowest BCUT2D eigenvalue weighted by atomic mass is 10.0. The van der Waals surface area contributed by atoms with Gasteiger partial charge in [0.15, 0.2) is 13.2 Å². The molecule has 0 unspecified atom stereocenters. The zero-order valence-electron chi connectivity index (χ0n) is 8.43. The van der Waals surface area contributed by atoms with E-state index in [0.717, 1.165) is 0 Å². The molecule has 0 radical (unpaired) electrons. The van der Waals surface area contributed by atoms with E-state index in [9.17, 15) is 22.5 Å². The first kappa shape index (κ1) is 12.7. The number of carbonyl (C=O) groups excluding carboxylic acids is 1. The Hall–Kier alpha value is -0.350. The van der Waals surface area contributed by atoms with Crippen molar-refractivity contribution in [3.05, 3.63) is 0 Å². The van der Waals surface area contributed by atoms with Crippen molar-refractivity contribution in [3.8, 4) is 0 Å². The molecule has 1 saturated carbocycles. The molecule has 1 fully saturated rings. The van der Waals surface area contributed by atoms with Gasteiger partial charge in [0, 0.05) is 13.3 Å². The highest BCUT2D eigenvalue weighted by Crippen LogP contribution is 2.58. The van der Waals surface area contributed by atoms with Crippen molar-refractivity contribution >= 4 is 13.2 Å². The van der Waals surface area contributed by atoms with Crippen LogP contribution in [0, 0.1) is 5.41 Å². The lowest BCUT2D eigenvalue weighted by Gasteiger charge is -2.18. The first-order valence-electron chi connectivity index (χ1n) is 4.38. The van der Waals surface area contributed by atoms with E-state index in [0.29, 0.717) is 0 Å². The molecule has 0 bridgehead atoms. The summed E-state index contributed by atoms with van der Waals surface area (Å²) in [6.45, 7) is 1.80. The van der Waals surface area contributed by atoms with Gasteiger partial charge in [-0.1, -0.05) is 0 Å². The third-order valence-corrected chi connectivity index (χ3v) is 3.08. The van der Waals surface area contributed by atoms with Gasteiger partial charge in [-0.3, -0.25) is 9.36 Å². The summed E-state index contributed by atoms with van der Waals surface area (Å²) in [6.07, 6.45) is -4.88. The quantitative estimate of drug-likeness (QED) is 0.713. The molecule has 1 aliphatic carbocycles. The van der Waals surface area contributed by atoms with Gasteiger partial charge >= 0.3 is 6.18 Å². The van der Waals surface area contributed by atoms with Crippen molar-refractivity contribution in [1.82, 2.24) is 0 Å². The van der Waals surface area contributed by atoms with E-state index in [1.54, 1.807) is 0 Å². The predicted octanol–water partition coefficient (Wildman–Crippen LogP) is 2.45. The fourth-order valence-electron chi connectivity index (χ4n) is 1.20. The van der Waals surface area contributed by atoms with Crippen LogP contribution in [0.3, 0.4) is 0 Å². The van der Waals surface area contributed by atoms with E-state index in [4.69, 9.17) is 0 Å². The van der Waals surface area contributed by atoms with Crippen LogP contribution in [0.2, 0.25) is 0 Å². The third kappa shape index (κ3) is 2.82. The first-order valence-corrected chi connectivity index (χ1v) is 6.90. The summed E-state index contributed by atoms with van der Waals surface area (Å²) in [5.74, 6) is -1.01. The van der Waals surface area contributed by atoms with Crippen LogP contribution in [0.25, 0.3) is 0 Å². The third-order valence-electron chi connectivity index (χ3n) is 2.33. The van der Waals surface area contributed by atoms with Gasteiger partial charge in [0.1, 0.15) is 12.0 Å². The zero-order valence-corrected chi connectivity index (χ0v) is 9.32. The minimum absolute atomic E-state index is 0.184. The Morgan fingerprint density at radius 3 is 2.13 bits per heavy atom. The van der Waals surface area contributed by atoms with Gasteiger partial charge < -0.3 is 4.52 Å². The molecule has 3 nitrogen and oxygen atoms in total. The smallest absolute Gasteiger partial charge is 0.321 e. The number of carbonyl (C=O) groups is 1. The van der Waals surface area contributed by atoms with Crippen molar-refractivity contribution < 1.29 is 27.1 Å². The standard InChI is InChI=1S/C8H12F3O3P/c1-15(2,13)14-5-6(12)7(3-4-7)8(9,10)11/h3-5H2,1-2H3. The van der Waals surface area contributed by atoms with Crippen molar-refractivity contribution in [3.63, 3.8) is 0 Å². The molecule has 0 saturated heterocycles. The fourth-order valence-corrected chi connectivity index (χ4v) is 1.63. The van der Waals surface area contributed by atoms with Crippen molar-refractivity contribution in [2.24, 2.45) is 5.41 Å². The van der Waals surface area contributed by atoms with Gasteiger partial charge in [-0.25, -0.2) is 0 Å². The van der Waals surface area contributed by atoms with Gasteiger partial charge in [0.05, 0.1) is 0 Å². The average molecular weight is 244 g/mol. The molecule has 0 spiro atoms. The Kier molecular flexibility index (Phi) is 3.05. The minimum atomic E-state index is -4.51. The minimum Gasteiger partial charge on any atom is -0.321 e. The topological polar surface area (TPSA) is 43.4 Å². The normalized spacial score (nSPS) is 20.1. The van der Waals surface area contributed by atoms with E-state index in [1.165, 1.54) is 13.3 Å². The number of hydrogen-bond acceptors (Lipinski definition) is 3. The molecule has 0 aromatic carbocycles. The summed E-state index contributed by atoms with van der Waals surface area (Å²) in [5, 5.41) is 0. The highest BCUT2D eigenvalue weighted by Gasteiger charge is 2.67. The molecule has 0 heterocycles. The van der Waals surface area contributed by atoms with E-state index < -0.39 is 31.4 Å². The lowest BCUT2D eigenvalue weighted by Crippen LogP contribution is -2.35. The Morgan fingerprint density at radius 2 is 1.87 bits per heavy atom. The summed E-state index contributed by atoms with van der Waals surface area (Å²) in [4.78, 5) is 11.3. The summed E-state index contributed by atoms with van der Waals surface area (Å²) in [6, 6.07) is 0. The molecule has 0 N–H and O–H groups in total. The monoisotopic (exact) mass is 244 g/mol. The number of alkyl halides is 3. The Balaban J connectivity index is 2.60. The molecule has 0 aromatic heterocycles. The van der Waals surface area contributed by atoms with Crippen molar-refractivity contribution in [1.29, 1.82) is 0 Å². The maximum Gasteiger partial charge on any atom is 0.401 e. The molecule has 15 heavy (non-hydrogen) atoms. The second-order valence-electron chi connectivity index (χ2n) is 4.03. The van der Waals surface area contributed by atoms with Crippen LogP contribution in [-0.2, 0) is 13.9 Å². The highest BCUT2D eigenvalue weighted by atomic mass is 31.2. The Morgan fingerprint density at radius 1 is 1.40 bits per heavy atom. The molecule has 1 aliphatic rings. The maximum absolute atomic E-state index is 12.4. The van der Waals surface area contributed by atoms with Crippen LogP contribution < -0.4 is 0 Å². The van der Waals surface area contributed by atoms with E-state index >= 15 is 0 Å². The van der Waals surface area contributed by atoms with Crippen LogP contribution in [0.15, 0.2) is 0 Å². The Bertz CT molecular complexity index is 314.